The van der Waals surface area contributed by atoms with E-state index in [1.54, 1.807) is 0 Å². The first-order valence-electron chi connectivity index (χ1n) is 3.14. The summed E-state index contributed by atoms with van der Waals surface area (Å²) >= 11 is 0. The second kappa shape index (κ2) is 5.05. The van der Waals surface area contributed by atoms with Crippen molar-refractivity contribution in [2.24, 2.45) is 11.5 Å². The zero-order valence-corrected chi connectivity index (χ0v) is 7.10. The summed E-state index contributed by atoms with van der Waals surface area (Å²) in [6.45, 7) is 0. The van der Waals surface area contributed by atoms with Crippen LogP contribution < -0.4 is 21.9 Å². The molecule has 12 heteroatoms. The molecule has 1 aromatic rings. The minimum absolute atomic E-state index is 0.0833. The topological polar surface area (TPSA) is 204 Å². The molecule has 82 valence electrons. The normalized spacial score (nSPS) is 8.53. The number of nitrogens with two attached hydrogens (primary N) is 3. The van der Waals surface area contributed by atoms with Gasteiger partial charge in [-0.25, -0.2) is 0 Å². The quantitative estimate of drug-likeness (QED) is 0.192. The summed E-state index contributed by atoms with van der Waals surface area (Å²) < 4.78 is 0. The van der Waals surface area contributed by atoms with Gasteiger partial charge in [-0.05, 0) is 0 Å². The summed E-state index contributed by atoms with van der Waals surface area (Å²) in [5, 5.41) is 30.0. The number of nitrogens with zero attached hydrogens (tertiary/aromatic N) is 5. The molecule has 0 aliphatic heterocycles. The van der Waals surface area contributed by atoms with E-state index in [-0.39, 0.29) is 5.96 Å². The molecule has 0 aliphatic carbocycles. The highest BCUT2D eigenvalue weighted by Crippen LogP contribution is 2.04. The average molecular weight is 218 g/mol. The van der Waals surface area contributed by atoms with Crippen molar-refractivity contribution in [3.05, 3.63) is 20.2 Å². The molecule has 0 amide bonds. The Morgan fingerprint density at radius 2 is 1.47 bits per heavy atom. The molecule has 1 rings (SSSR count). The van der Waals surface area contributed by atoms with Gasteiger partial charge in [-0.1, -0.05) is 14.8 Å². The molecule has 12 nitrogen and oxygen atoms in total. The molecule has 1 heterocycles. The van der Waals surface area contributed by atoms with Crippen molar-refractivity contribution < 1.29 is 15.3 Å². The molecule has 6 N–H and O–H groups in total. The van der Waals surface area contributed by atoms with E-state index in [9.17, 15) is 20.2 Å². The van der Waals surface area contributed by atoms with Gasteiger partial charge in [0.05, 0.1) is 0 Å². The standard InChI is InChI=1S/C2N5O4.CH5N3/c8-6(9)1-3-2(5-4-1)7(10)11;2-1(3)4/h;(H5,2,3,4)/q-1;/p+1. The molecule has 0 radical (unpaired) electrons. The van der Waals surface area contributed by atoms with Crippen LogP contribution in [0.15, 0.2) is 0 Å². The Bertz CT molecular complexity index is 350. The lowest BCUT2D eigenvalue weighted by molar-refractivity contribution is -0.403. The fourth-order valence-corrected chi connectivity index (χ4v) is 0.378. The maximum atomic E-state index is 9.85. The highest BCUT2D eigenvalue weighted by Gasteiger charge is 2.15. The zero-order chi connectivity index (χ0) is 12.0. The maximum absolute atomic E-state index is 9.85. The predicted molar refractivity (Wildman–Crippen MR) is 44.0 cm³/mol. The molecule has 0 saturated heterocycles. The Kier molecular flexibility index (Phi) is 4.11. The minimum atomic E-state index is -0.958. The highest BCUT2D eigenvalue weighted by molar-refractivity contribution is 5.68. The summed E-state index contributed by atoms with van der Waals surface area (Å²) in [5.74, 6) is -1.81. The highest BCUT2D eigenvalue weighted by atomic mass is 16.6. The van der Waals surface area contributed by atoms with E-state index in [1.165, 1.54) is 0 Å². The molecule has 0 atom stereocenters. The SMILES string of the molecule is NC(N)=[NH2+].O=[N+]([O-])c1nnc([N+](=O)[O-])[n-]1. The number of nitro groups is 2. The van der Waals surface area contributed by atoms with Crippen LogP contribution in [0, 0.1) is 20.2 Å². The number of aromatic nitrogens is 3. The lowest BCUT2D eigenvalue weighted by atomic mass is 11.0. The smallest absolute Gasteiger partial charge is 0.417 e. The molecule has 0 spiro atoms. The van der Waals surface area contributed by atoms with E-state index in [0.29, 0.717) is 0 Å². The molecule has 0 fully saturated rings. The molecule has 15 heavy (non-hydrogen) atoms. The summed E-state index contributed by atoms with van der Waals surface area (Å²) in [4.78, 5) is 20.7. The lowest BCUT2D eigenvalue weighted by Gasteiger charge is -1.88. The number of rotatable bonds is 2. The number of hydrogen-bond donors (Lipinski definition) is 3. The van der Waals surface area contributed by atoms with Crippen molar-refractivity contribution in [3.8, 4) is 0 Å². The van der Waals surface area contributed by atoms with Gasteiger partial charge in [-0.15, -0.1) is 0 Å². The monoisotopic (exact) mass is 218 g/mol. The Hall–Kier alpha value is -2.79. The molecular weight excluding hydrogens is 212 g/mol. The molecule has 1 aromatic heterocycles. The Morgan fingerprint density at radius 1 is 1.20 bits per heavy atom. The van der Waals surface area contributed by atoms with Crippen molar-refractivity contribution in [2.75, 3.05) is 0 Å². The van der Waals surface area contributed by atoms with Gasteiger partial charge in [0, 0.05) is 10.2 Å². The van der Waals surface area contributed by atoms with Crippen LogP contribution in [0.2, 0.25) is 0 Å². The third-order valence-electron chi connectivity index (χ3n) is 0.755. The van der Waals surface area contributed by atoms with Gasteiger partial charge in [0.1, 0.15) is 0 Å². The van der Waals surface area contributed by atoms with Crippen molar-refractivity contribution in [1.29, 1.82) is 0 Å². The van der Waals surface area contributed by atoms with Gasteiger partial charge in [0.25, 0.3) is 0 Å². The first kappa shape index (κ1) is 12.2. The van der Waals surface area contributed by atoms with Crippen LogP contribution in [0.4, 0.5) is 11.9 Å². The van der Waals surface area contributed by atoms with Crippen LogP contribution in [-0.2, 0) is 0 Å². The van der Waals surface area contributed by atoms with E-state index in [1.807, 2.05) is 0 Å². The van der Waals surface area contributed by atoms with Gasteiger partial charge in [-0.2, -0.15) is 0 Å². The average Bonchev–Trinajstić information content (AvgIpc) is 2.49. The molecule has 0 aliphatic rings. The summed E-state index contributed by atoms with van der Waals surface area (Å²) in [6.07, 6.45) is 0. The Labute approximate surface area is 81.1 Å². The van der Waals surface area contributed by atoms with E-state index >= 15 is 0 Å². The van der Waals surface area contributed by atoms with Crippen LogP contribution >= 0.6 is 0 Å². The van der Waals surface area contributed by atoms with E-state index in [4.69, 9.17) is 0 Å². The van der Waals surface area contributed by atoms with Crippen LogP contribution in [0.3, 0.4) is 0 Å². The summed E-state index contributed by atoms with van der Waals surface area (Å²) in [7, 11) is 0. The minimum Gasteiger partial charge on any atom is -0.417 e. The van der Waals surface area contributed by atoms with Crippen LogP contribution in [0.1, 0.15) is 0 Å². The third kappa shape index (κ3) is 4.71. The van der Waals surface area contributed by atoms with E-state index in [0.717, 1.165) is 0 Å². The summed E-state index contributed by atoms with van der Waals surface area (Å²) in [5.41, 5.74) is 9.17. The van der Waals surface area contributed by atoms with Crippen molar-refractivity contribution in [1.82, 2.24) is 15.2 Å². The number of guanidine groups is 1. The third-order valence-corrected chi connectivity index (χ3v) is 0.755. The van der Waals surface area contributed by atoms with Crippen LogP contribution in [-0.4, -0.2) is 26.0 Å². The molecule has 0 bridgehead atoms. The molecule has 0 saturated carbocycles. The zero-order valence-electron chi connectivity index (χ0n) is 7.10. The Balaban J connectivity index is 0.000000423. The van der Waals surface area contributed by atoms with Gasteiger partial charge in [0.15, 0.2) is 0 Å². The van der Waals surface area contributed by atoms with Gasteiger partial charge in [-0.3, -0.25) is 16.9 Å². The fraction of sp³-hybridized carbons (Fsp3) is 0. The number of hydrogen-bond acceptors (Lipinski definition) is 6. The van der Waals surface area contributed by atoms with Crippen LogP contribution in [0.25, 0.3) is 0 Å². The van der Waals surface area contributed by atoms with Crippen molar-refractivity contribution >= 4 is 17.9 Å². The maximum Gasteiger partial charge on any atom is 0.418 e. The van der Waals surface area contributed by atoms with E-state index in [2.05, 4.69) is 32.1 Å². The molecule has 0 aromatic carbocycles. The second-order valence-corrected chi connectivity index (χ2v) is 1.93. The first-order chi connectivity index (χ1) is 6.84. The molecule has 0 unspecified atom stereocenters. The largest absolute Gasteiger partial charge is 0.418 e. The Morgan fingerprint density at radius 3 is 1.60 bits per heavy atom. The second-order valence-electron chi connectivity index (χ2n) is 1.93. The predicted octanol–water partition coefficient (Wildman–Crippen LogP) is -3.73. The van der Waals surface area contributed by atoms with Crippen molar-refractivity contribution in [2.45, 2.75) is 0 Å². The van der Waals surface area contributed by atoms with Crippen molar-refractivity contribution in [3.63, 3.8) is 0 Å². The van der Waals surface area contributed by atoms with Crippen LogP contribution in [0.5, 0.6) is 0 Å². The van der Waals surface area contributed by atoms with Gasteiger partial charge >= 0.3 is 17.9 Å². The van der Waals surface area contributed by atoms with E-state index < -0.39 is 21.7 Å². The fourth-order valence-electron chi connectivity index (χ4n) is 0.378. The summed E-state index contributed by atoms with van der Waals surface area (Å²) in [6, 6.07) is 0. The van der Waals surface area contributed by atoms with Gasteiger partial charge < -0.3 is 20.2 Å². The van der Waals surface area contributed by atoms with Gasteiger partial charge in [0.2, 0.25) is 0 Å². The lowest BCUT2D eigenvalue weighted by Crippen LogP contribution is -2.51. The first-order valence-corrected chi connectivity index (χ1v) is 3.14. The molecular formula is C3H6N8O4.